The van der Waals surface area contributed by atoms with Gasteiger partial charge in [-0.05, 0) is 60.9 Å². The zero-order valence-electron chi connectivity index (χ0n) is 12.5. The number of aromatic nitrogens is 1. The maximum Gasteiger partial charge on any atom is 0.219 e. The van der Waals surface area contributed by atoms with Gasteiger partial charge < -0.3 is 10.5 Å². The Kier molecular flexibility index (Phi) is 4.20. The van der Waals surface area contributed by atoms with Crippen LogP contribution in [-0.4, -0.2) is 11.0 Å². The Morgan fingerprint density at radius 1 is 1.19 bits per heavy atom. The number of ether oxygens (including phenoxy) is 1. The van der Waals surface area contributed by atoms with Gasteiger partial charge in [0.2, 0.25) is 5.88 Å². The van der Waals surface area contributed by atoms with E-state index in [-0.39, 0.29) is 6.04 Å². The molecule has 3 nitrogen and oxygen atoms in total. The van der Waals surface area contributed by atoms with E-state index in [1.165, 1.54) is 24.0 Å². The summed E-state index contributed by atoms with van der Waals surface area (Å²) in [7, 11) is 0. The highest BCUT2D eigenvalue weighted by Gasteiger charge is 2.11. The van der Waals surface area contributed by atoms with Gasteiger partial charge in [0.1, 0.15) is 5.75 Å². The molecule has 1 unspecified atom stereocenters. The van der Waals surface area contributed by atoms with Crippen LogP contribution in [0.5, 0.6) is 11.6 Å². The molecule has 0 amide bonds. The molecule has 1 aromatic heterocycles. The third-order valence-electron chi connectivity index (χ3n) is 4.11. The number of aryl methyl sites for hydroxylation is 2. The SMILES string of the molecule is CCC(N)Cc1ccc(Oc2ccc3c(c2)CCC3)nc1. The van der Waals surface area contributed by atoms with Crippen LogP contribution in [0.4, 0.5) is 0 Å². The molecule has 21 heavy (non-hydrogen) atoms. The summed E-state index contributed by atoms with van der Waals surface area (Å²) >= 11 is 0. The Balaban J connectivity index is 1.67. The van der Waals surface area contributed by atoms with Crippen LogP contribution in [0.15, 0.2) is 36.5 Å². The van der Waals surface area contributed by atoms with E-state index in [9.17, 15) is 0 Å². The van der Waals surface area contributed by atoms with Crippen molar-refractivity contribution in [2.24, 2.45) is 5.73 Å². The maximum atomic E-state index is 5.96. The van der Waals surface area contributed by atoms with E-state index in [0.29, 0.717) is 5.88 Å². The summed E-state index contributed by atoms with van der Waals surface area (Å²) in [5, 5.41) is 0. The second-order valence-electron chi connectivity index (χ2n) is 5.76. The minimum Gasteiger partial charge on any atom is -0.439 e. The minimum atomic E-state index is 0.204. The van der Waals surface area contributed by atoms with Crippen LogP contribution < -0.4 is 10.5 Å². The zero-order valence-corrected chi connectivity index (χ0v) is 12.5. The summed E-state index contributed by atoms with van der Waals surface area (Å²) in [6.45, 7) is 2.10. The van der Waals surface area contributed by atoms with Crippen LogP contribution in [0.1, 0.15) is 36.5 Å². The fourth-order valence-corrected chi connectivity index (χ4v) is 2.77. The second kappa shape index (κ2) is 6.27. The fraction of sp³-hybridized carbons (Fsp3) is 0.389. The first-order chi connectivity index (χ1) is 10.2. The van der Waals surface area contributed by atoms with Gasteiger partial charge >= 0.3 is 0 Å². The van der Waals surface area contributed by atoms with E-state index in [4.69, 9.17) is 10.5 Å². The molecule has 1 aromatic carbocycles. The maximum absolute atomic E-state index is 5.96. The number of nitrogens with two attached hydrogens (primary N) is 1. The van der Waals surface area contributed by atoms with Gasteiger partial charge in [-0.3, -0.25) is 0 Å². The van der Waals surface area contributed by atoms with E-state index in [1.54, 1.807) is 0 Å². The number of nitrogens with zero attached hydrogens (tertiary/aromatic N) is 1. The van der Waals surface area contributed by atoms with E-state index >= 15 is 0 Å². The molecular weight excluding hydrogens is 260 g/mol. The van der Waals surface area contributed by atoms with Crippen LogP contribution in [0, 0.1) is 0 Å². The van der Waals surface area contributed by atoms with Gasteiger partial charge in [0.05, 0.1) is 0 Å². The average molecular weight is 282 g/mol. The lowest BCUT2D eigenvalue weighted by Crippen LogP contribution is -2.21. The molecular formula is C18H22N2O. The molecule has 2 N–H and O–H groups in total. The first-order valence-corrected chi connectivity index (χ1v) is 7.75. The summed E-state index contributed by atoms with van der Waals surface area (Å²) in [4.78, 5) is 4.38. The number of hydrogen-bond donors (Lipinski definition) is 1. The molecule has 0 saturated heterocycles. The molecule has 0 bridgehead atoms. The monoisotopic (exact) mass is 282 g/mol. The van der Waals surface area contributed by atoms with Crippen molar-refractivity contribution in [3.8, 4) is 11.6 Å². The highest BCUT2D eigenvalue weighted by molar-refractivity contribution is 5.39. The van der Waals surface area contributed by atoms with Crippen molar-refractivity contribution in [2.75, 3.05) is 0 Å². The smallest absolute Gasteiger partial charge is 0.219 e. The van der Waals surface area contributed by atoms with Crippen LogP contribution in [-0.2, 0) is 19.3 Å². The van der Waals surface area contributed by atoms with Gasteiger partial charge in [-0.15, -0.1) is 0 Å². The number of fused-ring (bicyclic) bond motifs is 1. The van der Waals surface area contributed by atoms with Gasteiger partial charge in [-0.2, -0.15) is 0 Å². The van der Waals surface area contributed by atoms with Crippen molar-refractivity contribution in [1.82, 2.24) is 4.98 Å². The molecule has 1 heterocycles. The Morgan fingerprint density at radius 2 is 2.05 bits per heavy atom. The van der Waals surface area contributed by atoms with E-state index in [2.05, 4.69) is 24.0 Å². The number of rotatable bonds is 5. The predicted octanol–water partition coefficient (Wildman–Crippen LogP) is 3.64. The molecule has 2 aromatic rings. The van der Waals surface area contributed by atoms with Gasteiger partial charge in [0, 0.05) is 18.3 Å². The van der Waals surface area contributed by atoms with Crippen molar-refractivity contribution in [3.63, 3.8) is 0 Å². The Hall–Kier alpha value is -1.87. The van der Waals surface area contributed by atoms with Gasteiger partial charge in [0.15, 0.2) is 0 Å². The lowest BCUT2D eigenvalue weighted by atomic mass is 10.1. The van der Waals surface area contributed by atoms with Crippen LogP contribution >= 0.6 is 0 Å². The molecule has 0 radical (unpaired) electrons. The highest BCUT2D eigenvalue weighted by Crippen LogP contribution is 2.28. The summed E-state index contributed by atoms with van der Waals surface area (Å²) in [6, 6.07) is 10.5. The first-order valence-electron chi connectivity index (χ1n) is 7.75. The average Bonchev–Trinajstić information content (AvgIpc) is 2.96. The molecule has 110 valence electrons. The highest BCUT2D eigenvalue weighted by atomic mass is 16.5. The normalized spacial score (nSPS) is 14.8. The summed E-state index contributed by atoms with van der Waals surface area (Å²) in [6.07, 6.45) is 7.31. The molecule has 1 aliphatic rings. The molecule has 0 aliphatic heterocycles. The quantitative estimate of drug-likeness (QED) is 0.910. The number of hydrogen-bond acceptors (Lipinski definition) is 3. The van der Waals surface area contributed by atoms with E-state index < -0.39 is 0 Å². The largest absolute Gasteiger partial charge is 0.439 e. The van der Waals surface area contributed by atoms with Gasteiger partial charge in [0.25, 0.3) is 0 Å². The summed E-state index contributed by atoms with van der Waals surface area (Å²) < 4.78 is 5.85. The van der Waals surface area contributed by atoms with Crippen LogP contribution in [0.25, 0.3) is 0 Å². The standard InChI is InChI=1S/C18H22N2O/c1-2-16(19)10-13-6-9-18(20-12-13)21-17-8-7-14-4-3-5-15(14)11-17/h6-9,11-12,16H,2-5,10,19H2,1H3. The number of benzene rings is 1. The van der Waals surface area contributed by atoms with Crippen molar-refractivity contribution in [2.45, 2.75) is 45.1 Å². The van der Waals surface area contributed by atoms with Crippen molar-refractivity contribution >= 4 is 0 Å². The lowest BCUT2D eigenvalue weighted by Gasteiger charge is -2.10. The van der Waals surface area contributed by atoms with Gasteiger partial charge in [-0.1, -0.05) is 19.1 Å². The molecule has 0 fully saturated rings. The summed E-state index contributed by atoms with van der Waals surface area (Å²) in [5.74, 6) is 1.52. The summed E-state index contributed by atoms with van der Waals surface area (Å²) in [5.41, 5.74) is 9.99. The van der Waals surface area contributed by atoms with Crippen molar-refractivity contribution in [1.29, 1.82) is 0 Å². The topological polar surface area (TPSA) is 48.1 Å². The number of pyridine rings is 1. The third-order valence-corrected chi connectivity index (χ3v) is 4.11. The predicted molar refractivity (Wildman–Crippen MR) is 84.7 cm³/mol. The van der Waals surface area contributed by atoms with Crippen molar-refractivity contribution < 1.29 is 4.74 Å². The lowest BCUT2D eigenvalue weighted by molar-refractivity contribution is 0.461. The molecule has 0 saturated carbocycles. The Morgan fingerprint density at radius 3 is 2.81 bits per heavy atom. The molecule has 1 aliphatic carbocycles. The van der Waals surface area contributed by atoms with E-state index in [0.717, 1.165) is 30.6 Å². The Labute approximate surface area is 126 Å². The molecule has 3 rings (SSSR count). The fourth-order valence-electron chi connectivity index (χ4n) is 2.77. The third kappa shape index (κ3) is 3.42. The molecule has 0 spiro atoms. The second-order valence-corrected chi connectivity index (χ2v) is 5.76. The van der Waals surface area contributed by atoms with Gasteiger partial charge in [-0.25, -0.2) is 4.98 Å². The van der Waals surface area contributed by atoms with Crippen LogP contribution in [0.3, 0.4) is 0 Å². The zero-order chi connectivity index (χ0) is 14.7. The van der Waals surface area contributed by atoms with Crippen molar-refractivity contribution in [3.05, 3.63) is 53.2 Å². The first kappa shape index (κ1) is 14.1. The van der Waals surface area contributed by atoms with Crippen LogP contribution in [0.2, 0.25) is 0 Å². The minimum absolute atomic E-state index is 0.204. The Bertz CT molecular complexity index is 607. The van der Waals surface area contributed by atoms with E-state index in [1.807, 2.05) is 24.4 Å². The molecule has 3 heteroatoms. The molecule has 1 atom stereocenters.